The Kier molecular flexibility index (Phi) is 4.98. The van der Waals surface area contributed by atoms with E-state index in [-0.39, 0.29) is 36.1 Å². The number of para-hydroxylation sites is 1. The highest BCUT2D eigenvalue weighted by Crippen LogP contribution is 2.65. The van der Waals surface area contributed by atoms with Crippen LogP contribution in [-0.4, -0.2) is 57.9 Å². The van der Waals surface area contributed by atoms with Crippen molar-refractivity contribution in [2.45, 2.75) is 67.7 Å². The number of ether oxygens (including phenoxy) is 1. The lowest BCUT2D eigenvalue weighted by atomic mass is 9.48. The average Bonchev–Trinajstić information content (AvgIpc) is 3.46. The van der Waals surface area contributed by atoms with Crippen molar-refractivity contribution in [2.75, 3.05) is 13.1 Å². The molecule has 2 saturated carbocycles. The molecule has 3 aliphatic carbocycles. The number of hydrogen-bond donors (Lipinski definition) is 3. The highest BCUT2D eigenvalue weighted by molar-refractivity contribution is 6.06. The molecule has 7 nitrogen and oxygen atoms in total. The molecule has 37 heavy (non-hydrogen) atoms. The SMILES string of the molecule is Cl.O=C(N[C@H]1CC[C@@]2(O)[C@H]3Cc4ccc(O)c5c4[C@@]2(CCN3CC2CC2)[C@H]1O5)c1coc2ccccc12. The third-order valence-corrected chi connectivity index (χ3v) is 9.80. The van der Waals surface area contributed by atoms with Crippen molar-refractivity contribution in [2.24, 2.45) is 5.92 Å². The minimum Gasteiger partial charge on any atom is -0.504 e. The number of nitrogens with zero attached hydrogens (tertiary/aromatic N) is 1. The molecule has 0 unspecified atom stereocenters. The van der Waals surface area contributed by atoms with E-state index in [2.05, 4.69) is 10.2 Å². The van der Waals surface area contributed by atoms with Crippen LogP contribution in [0.4, 0.5) is 0 Å². The maximum atomic E-state index is 13.5. The Morgan fingerprint density at radius 1 is 1.14 bits per heavy atom. The van der Waals surface area contributed by atoms with Gasteiger partial charge in [-0.25, -0.2) is 0 Å². The van der Waals surface area contributed by atoms with E-state index in [0.717, 1.165) is 48.4 Å². The fourth-order valence-corrected chi connectivity index (χ4v) is 8.03. The van der Waals surface area contributed by atoms with Gasteiger partial charge in [-0.05, 0) is 68.7 Å². The number of fused-ring (bicyclic) bond motifs is 1. The van der Waals surface area contributed by atoms with Gasteiger partial charge in [-0.2, -0.15) is 0 Å². The number of phenolic OH excluding ortho intramolecular Hbond substituents is 1. The summed E-state index contributed by atoms with van der Waals surface area (Å²) in [6, 6.07) is 11.0. The van der Waals surface area contributed by atoms with E-state index in [1.807, 2.05) is 30.3 Å². The van der Waals surface area contributed by atoms with E-state index < -0.39 is 17.1 Å². The molecule has 5 aliphatic rings. The molecule has 2 aliphatic heterocycles. The van der Waals surface area contributed by atoms with Crippen molar-refractivity contribution in [1.29, 1.82) is 0 Å². The highest BCUT2D eigenvalue weighted by atomic mass is 35.5. The van der Waals surface area contributed by atoms with Gasteiger partial charge in [0.25, 0.3) is 5.91 Å². The number of benzene rings is 2. The van der Waals surface area contributed by atoms with E-state index in [1.54, 1.807) is 6.07 Å². The summed E-state index contributed by atoms with van der Waals surface area (Å²) in [6.07, 6.45) is 6.36. The van der Waals surface area contributed by atoms with Gasteiger partial charge >= 0.3 is 0 Å². The van der Waals surface area contributed by atoms with Gasteiger partial charge in [-0.3, -0.25) is 9.69 Å². The summed E-state index contributed by atoms with van der Waals surface area (Å²) in [5, 5.41) is 27.4. The number of rotatable bonds is 4. The molecule has 3 heterocycles. The van der Waals surface area contributed by atoms with Crippen molar-refractivity contribution in [1.82, 2.24) is 10.2 Å². The quantitative estimate of drug-likeness (QED) is 0.481. The number of amides is 1. The van der Waals surface area contributed by atoms with Crippen LogP contribution in [0.1, 0.15) is 53.6 Å². The van der Waals surface area contributed by atoms with Gasteiger partial charge in [-0.1, -0.05) is 24.3 Å². The van der Waals surface area contributed by atoms with Gasteiger partial charge < -0.3 is 24.7 Å². The van der Waals surface area contributed by atoms with E-state index in [4.69, 9.17) is 9.15 Å². The summed E-state index contributed by atoms with van der Waals surface area (Å²) in [7, 11) is 0. The molecular formula is C29H31ClN2O5. The number of piperidine rings is 1. The molecule has 1 amide bonds. The molecule has 1 saturated heterocycles. The maximum absolute atomic E-state index is 13.5. The second-order valence-electron chi connectivity index (χ2n) is 11.6. The summed E-state index contributed by atoms with van der Waals surface area (Å²) in [5.74, 6) is 1.16. The minimum atomic E-state index is -0.958. The fourth-order valence-electron chi connectivity index (χ4n) is 8.03. The number of likely N-dealkylation sites (tertiary alicyclic amines) is 1. The highest BCUT2D eigenvalue weighted by Gasteiger charge is 2.73. The average molecular weight is 523 g/mol. The number of aliphatic hydroxyl groups is 1. The standard InChI is InChI=1S/C29H30N2O5.ClH/c32-21-8-7-17-13-23-29(34)10-9-20(30-27(33)19-15-35-22-4-2-1-3-18(19)22)26-28(29,24(17)25(21)36-26)11-12-31(23)14-16-5-6-16;/h1-4,7-8,15-16,20,23,26,32,34H,5-6,9-14H2,(H,30,33);1H/t20-,23+,26-,28-,29+;/m0./s1. The molecule has 8 rings (SSSR count). The summed E-state index contributed by atoms with van der Waals surface area (Å²) in [5.41, 5.74) is 1.72. The monoisotopic (exact) mass is 522 g/mol. The van der Waals surface area contributed by atoms with Gasteiger partial charge in [0.1, 0.15) is 18.0 Å². The zero-order valence-electron chi connectivity index (χ0n) is 20.5. The Morgan fingerprint density at radius 3 is 2.81 bits per heavy atom. The molecule has 1 aromatic heterocycles. The lowest BCUT2D eigenvalue weighted by Crippen LogP contribution is -2.78. The molecule has 5 atom stereocenters. The van der Waals surface area contributed by atoms with Crippen molar-refractivity contribution >= 4 is 29.3 Å². The first-order valence-corrected chi connectivity index (χ1v) is 13.2. The number of halogens is 1. The molecule has 3 N–H and O–H groups in total. The molecule has 0 radical (unpaired) electrons. The predicted octanol–water partition coefficient (Wildman–Crippen LogP) is 3.92. The van der Waals surface area contributed by atoms with Crippen LogP contribution in [0.25, 0.3) is 11.0 Å². The van der Waals surface area contributed by atoms with Gasteiger partial charge in [0.05, 0.1) is 22.6 Å². The Hall–Kier alpha value is -2.74. The summed E-state index contributed by atoms with van der Waals surface area (Å²) >= 11 is 0. The van der Waals surface area contributed by atoms with Crippen molar-refractivity contribution in [3.8, 4) is 11.5 Å². The fraction of sp³-hybridized carbons (Fsp3) is 0.483. The van der Waals surface area contributed by atoms with Crippen LogP contribution in [0.15, 0.2) is 47.1 Å². The van der Waals surface area contributed by atoms with E-state index in [0.29, 0.717) is 29.7 Å². The Bertz CT molecular complexity index is 1420. The first kappa shape index (κ1) is 23.4. The van der Waals surface area contributed by atoms with Crippen LogP contribution in [0.3, 0.4) is 0 Å². The van der Waals surface area contributed by atoms with E-state index >= 15 is 0 Å². The van der Waals surface area contributed by atoms with Crippen molar-refractivity contribution in [3.05, 3.63) is 59.4 Å². The number of phenols is 1. The molecule has 8 heteroatoms. The van der Waals surface area contributed by atoms with Gasteiger partial charge in [0, 0.05) is 23.5 Å². The normalized spacial score (nSPS) is 33.4. The molecule has 194 valence electrons. The second kappa shape index (κ2) is 7.88. The Balaban J connectivity index is 0.00000231. The number of furan rings is 1. The molecule has 2 aromatic carbocycles. The largest absolute Gasteiger partial charge is 0.504 e. The Morgan fingerprint density at radius 2 is 1.97 bits per heavy atom. The smallest absolute Gasteiger partial charge is 0.255 e. The first-order chi connectivity index (χ1) is 17.5. The van der Waals surface area contributed by atoms with Crippen LogP contribution in [0, 0.1) is 5.92 Å². The number of carbonyl (C=O) groups excluding carboxylic acids is 1. The second-order valence-corrected chi connectivity index (χ2v) is 11.6. The zero-order valence-corrected chi connectivity index (χ0v) is 21.3. The lowest BCUT2D eigenvalue weighted by molar-refractivity contribution is -0.191. The van der Waals surface area contributed by atoms with Crippen molar-refractivity contribution < 1.29 is 24.2 Å². The van der Waals surface area contributed by atoms with Crippen LogP contribution in [-0.2, 0) is 11.8 Å². The van der Waals surface area contributed by atoms with Crippen LogP contribution < -0.4 is 10.1 Å². The number of nitrogens with one attached hydrogen (secondary N) is 1. The topological polar surface area (TPSA) is 95.2 Å². The minimum absolute atomic E-state index is 0. The zero-order chi connectivity index (χ0) is 24.2. The maximum Gasteiger partial charge on any atom is 0.255 e. The third kappa shape index (κ3) is 2.99. The van der Waals surface area contributed by atoms with Crippen molar-refractivity contribution in [3.63, 3.8) is 0 Å². The van der Waals surface area contributed by atoms with Gasteiger partial charge in [-0.15, -0.1) is 12.4 Å². The summed E-state index contributed by atoms with van der Waals surface area (Å²) in [4.78, 5) is 16.0. The van der Waals surface area contributed by atoms with Crippen LogP contribution >= 0.6 is 12.4 Å². The summed E-state index contributed by atoms with van der Waals surface area (Å²) < 4.78 is 12.2. The van der Waals surface area contributed by atoms with Gasteiger partial charge in [0.2, 0.25) is 0 Å². The van der Waals surface area contributed by atoms with Gasteiger partial charge in [0.15, 0.2) is 11.5 Å². The molecule has 2 bridgehead atoms. The van der Waals surface area contributed by atoms with Crippen LogP contribution in [0.5, 0.6) is 11.5 Å². The molecular weight excluding hydrogens is 492 g/mol. The summed E-state index contributed by atoms with van der Waals surface area (Å²) in [6.45, 7) is 1.94. The van der Waals surface area contributed by atoms with E-state index in [1.165, 1.54) is 19.1 Å². The predicted molar refractivity (Wildman–Crippen MR) is 140 cm³/mol. The molecule has 3 fully saturated rings. The number of aromatic hydroxyl groups is 1. The number of hydrogen-bond acceptors (Lipinski definition) is 6. The molecule has 1 spiro atoms. The lowest BCUT2D eigenvalue weighted by Gasteiger charge is -2.64. The first-order valence-electron chi connectivity index (χ1n) is 13.2. The van der Waals surface area contributed by atoms with E-state index in [9.17, 15) is 15.0 Å². The molecule has 3 aromatic rings. The number of carbonyl (C=O) groups is 1. The third-order valence-electron chi connectivity index (χ3n) is 9.80. The van der Waals surface area contributed by atoms with Crippen LogP contribution in [0.2, 0.25) is 0 Å². The Labute approximate surface area is 221 Å².